The monoisotopic (exact) mass is 326 g/mol. The van der Waals surface area contributed by atoms with Crippen LogP contribution < -0.4 is 18.9 Å². The lowest BCUT2D eigenvalue weighted by Crippen LogP contribution is -1.92. The SMILES string of the molecule is C=C(/C=C/c1ccc(OC)cc1OC)c1ccc(OC)cc1OC. The fourth-order valence-electron chi connectivity index (χ4n) is 2.30. The highest BCUT2D eigenvalue weighted by Gasteiger charge is 2.07. The molecule has 0 heterocycles. The molecule has 4 nitrogen and oxygen atoms in total. The van der Waals surface area contributed by atoms with Gasteiger partial charge in [0, 0.05) is 23.3 Å². The molecule has 0 N–H and O–H groups in total. The van der Waals surface area contributed by atoms with Crippen molar-refractivity contribution in [3.8, 4) is 23.0 Å². The molecule has 2 aromatic carbocycles. The van der Waals surface area contributed by atoms with Gasteiger partial charge in [0.25, 0.3) is 0 Å². The maximum atomic E-state index is 5.42. The number of rotatable bonds is 7. The first-order valence-electron chi connectivity index (χ1n) is 7.44. The van der Waals surface area contributed by atoms with Gasteiger partial charge in [0.2, 0.25) is 0 Å². The zero-order chi connectivity index (χ0) is 17.5. The van der Waals surface area contributed by atoms with Crippen molar-refractivity contribution in [2.24, 2.45) is 0 Å². The Kier molecular flexibility index (Phi) is 5.90. The second-order valence-corrected chi connectivity index (χ2v) is 5.03. The third-order valence-electron chi connectivity index (χ3n) is 3.66. The molecule has 0 bridgehead atoms. The summed E-state index contributed by atoms with van der Waals surface area (Å²) in [7, 11) is 6.51. The smallest absolute Gasteiger partial charge is 0.130 e. The van der Waals surface area contributed by atoms with Crippen molar-refractivity contribution in [2.45, 2.75) is 0 Å². The summed E-state index contributed by atoms with van der Waals surface area (Å²) < 4.78 is 21.2. The van der Waals surface area contributed by atoms with Crippen molar-refractivity contribution < 1.29 is 18.9 Å². The van der Waals surface area contributed by atoms with Gasteiger partial charge in [-0.2, -0.15) is 0 Å². The molecule has 0 aliphatic heterocycles. The predicted molar refractivity (Wildman–Crippen MR) is 97.2 cm³/mol. The Morgan fingerprint density at radius 2 is 1.38 bits per heavy atom. The first-order chi connectivity index (χ1) is 11.6. The van der Waals surface area contributed by atoms with E-state index >= 15 is 0 Å². The van der Waals surface area contributed by atoms with E-state index in [2.05, 4.69) is 6.58 Å². The van der Waals surface area contributed by atoms with E-state index in [1.165, 1.54) is 0 Å². The van der Waals surface area contributed by atoms with E-state index in [1.54, 1.807) is 28.4 Å². The number of ether oxygens (including phenoxy) is 4. The van der Waals surface area contributed by atoms with Crippen LogP contribution in [0.4, 0.5) is 0 Å². The molecular formula is C20H22O4. The summed E-state index contributed by atoms with van der Waals surface area (Å²) in [5.41, 5.74) is 2.67. The standard InChI is InChI=1S/C20H22O4/c1-14(18-11-10-17(22-3)13-20(18)24-5)6-7-15-8-9-16(21-2)12-19(15)23-4/h6-13H,1H2,2-5H3/b7-6+. The third kappa shape index (κ3) is 3.90. The third-order valence-corrected chi connectivity index (χ3v) is 3.66. The van der Waals surface area contributed by atoms with Crippen LogP contribution in [0.3, 0.4) is 0 Å². The fraction of sp³-hybridized carbons (Fsp3) is 0.200. The number of allylic oxidation sites excluding steroid dienone is 2. The van der Waals surface area contributed by atoms with Crippen molar-refractivity contribution in [1.29, 1.82) is 0 Å². The fourth-order valence-corrected chi connectivity index (χ4v) is 2.30. The second-order valence-electron chi connectivity index (χ2n) is 5.03. The predicted octanol–water partition coefficient (Wildman–Crippen LogP) is 4.45. The minimum Gasteiger partial charge on any atom is -0.497 e. The molecule has 0 amide bonds. The summed E-state index contributed by atoms with van der Waals surface area (Å²) in [6, 6.07) is 11.3. The Morgan fingerprint density at radius 1 is 0.792 bits per heavy atom. The van der Waals surface area contributed by atoms with Crippen LogP contribution in [-0.2, 0) is 0 Å². The summed E-state index contributed by atoms with van der Waals surface area (Å²) in [5, 5.41) is 0. The maximum absolute atomic E-state index is 5.42. The molecule has 126 valence electrons. The second kappa shape index (κ2) is 8.11. The van der Waals surface area contributed by atoms with Gasteiger partial charge in [-0.05, 0) is 29.8 Å². The van der Waals surface area contributed by atoms with Gasteiger partial charge in [0.05, 0.1) is 28.4 Å². The van der Waals surface area contributed by atoms with Crippen LogP contribution in [0.2, 0.25) is 0 Å². The van der Waals surface area contributed by atoms with Gasteiger partial charge in [0.15, 0.2) is 0 Å². The molecule has 24 heavy (non-hydrogen) atoms. The molecule has 0 radical (unpaired) electrons. The number of hydrogen-bond acceptors (Lipinski definition) is 4. The molecule has 0 aliphatic carbocycles. The van der Waals surface area contributed by atoms with E-state index in [9.17, 15) is 0 Å². The Hall–Kier alpha value is -2.88. The van der Waals surface area contributed by atoms with Crippen LogP contribution in [0.1, 0.15) is 11.1 Å². The van der Waals surface area contributed by atoms with E-state index < -0.39 is 0 Å². The lowest BCUT2D eigenvalue weighted by atomic mass is 10.0. The highest BCUT2D eigenvalue weighted by atomic mass is 16.5. The first kappa shape index (κ1) is 17.5. The minimum absolute atomic E-state index is 0.714. The van der Waals surface area contributed by atoms with Crippen LogP contribution in [0.25, 0.3) is 11.6 Å². The molecule has 2 rings (SSSR count). The van der Waals surface area contributed by atoms with Gasteiger partial charge >= 0.3 is 0 Å². The number of methoxy groups -OCH3 is 4. The van der Waals surface area contributed by atoms with Crippen LogP contribution in [0.15, 0.2) is 49.1 Å². The van der Waals surface area contributed by atoms with Crippen molar-refractivity contribution in [1.82, 2.24) is 0 Å². The van der Waals surface area contributed by atoms with Crippen molar-refractivity contribution in [2.75, 3.05) is 28.4 Å². The lowest BCUT2D eigenvalue weighted by Gasteiger charge is -2.11. The molecule has 2 aromatic rings. The van der Waals surface area contributed by atoms with Gasteiger partial charge in [-0.15, -0.1) is 0 Å². The molecule has 4 heteroatoms. The van der Waals surface area contributed by atoms with Crippen molar-refractivity contribution in [3.05, 3.63) is 60.2 Å². The zero-order valence-electron chi connectivity index (χ0n) is 14.5. The summed E-state index contributed by atoms with van der Waals surface area (Å²) in [6.07, 6.45) is 3.87. The van der Waals surface area contributed by atoms with Gasteiger partial charge < -0.3 is 18.9 Å². The quantitative estimate of drug-likeness (QED) is 0.705. The normalized spacial score (nSPS) is 10.5. The molecule has 0 saturated heterocycles. The molecule has 0 aliphatic rings. The van der Waals surface area contributed by atoms with E-state index in [0.717, 1.165) is 33.9 Å². The van der Waals surface area contributed by atoms with Gasteiger partial charge in [-0.1, -0.05) is 18.7 Å². The first-order valence-corrected chi connectivity index (χ1v) is 7.44. The van der Waals surface area contributed by atoms with E-state index in [0.29, 0.717) is 5.75 Å². The van der Waals surface area contributed by atoms with Gasteiger partial charge in [-0.25, -0.2) is 0 Å². The van der Waals surface area contributed by atoms with E-state index in [1.807, 2.05) is 48.6 Å². The Morgan fingerprint density at radius 3 is 1.96 bits per heavy atom. The highest BCUT2D eigenvalue weighted by Crippen LogP contribution is 2.31. The molecule has 0 atom stereocenters. The molecule has 0 spiro atoms. The van der Waals surface area contributed by atoms with Crippen LogP contribution in [0.5, 0.6) is 23.0 Å². The topological polar surface area (TPSA) is 36.9 Å². The molecule has 0 fully saturated rings. The summed E-state index contributed by atoms with van der Waals surface area (Å²) in [5.74, 6) is 2.94. The number of hydrogen-bond donors (Lipinski definition) is 0. The van der Waals surface area contributed by atoms with Gasteiger partial charge in [0.1, 0.15) is 23.0 Å². The largest absolute Gasteiger partial charge is 0.497 e. The molecule has 0 saturated carbocycles. The summed E-state index contributed by atoms with van der Waals surface area (Å²) in [6.45, 7) is 4.12. The zero-order valence-corrected chi connectivity index (χ0v) is 14.5. The summed E-state index contributed by atoms with van der Waals surface area (Å²) in [4.78, 5) is 0. The van der Waals surface area contributed by atoms with Crippen LogP contribution in [0, 0.1) is 0 Å². The lowest BCUT2D eigenvalue weighted by molar-refractivity contribution is 0.393. The van der Waals surface area contributed by atoms with Crippen LogP contribution >= 0.6 is 0 Å². The molecule has 0 unspecified atom stereocenters. The Bertz CT molecular complexity index is 747. The molecule has 0 aromatic heterocycles. The minimum atomic E-state index is 0.714. The van der Waals surface area contributed by atoms with E-state index in [-0.39, 0.29) is 0 Å². The van der Waals surface area contributed by atoms with E-state index in [4.69, 9.17) is 18.9 Å². The van der Waals surface area contributed by atoms with Crippen molar-refractivity contribution >= 4 is 11.6 Å². The Balaban J connectivity index is 2.28. The van der Waals surface area contributed by atoms with Gasteiger partial charge in [-0.3, -0.25) is 0 Å². The average Bonchev–Trinajstić information content (AvgIpc) is 2.65. The molecular weight excluding hydrogens is 304 g/mol. The highest BCUT2D eigenvalue weighted by molar-refractivity contribution is 5.81. The maximum Gasteiger partial charge on any atom is 0.130 e. The summed E-state index contributed by atoms with van der Waals surface area (Å²) >= 11 is 0. The Labute approximate surface area is 142 Å². The average molecular weight is 326 g/mol. The van der Waals surface area contributed by atoms with Crippen molar-refractivity contribution in [3.63, 3.8) is 0 Å². The van der Waals surface area contributed by atoms with Crippen LogP contribution in [-0.4, -0.2) is 28.4 Å². The number of benzene rings is 2.